The molecule has 0 amide bonds. The molecule has 0 fully saturated rings. The molecule has 1 aliphatic heterocycles. The molecule has 0 radical (unpaired) electrons. The van der Waals surface area contributed by atoms with Crippen LogP contribution in [0.5, 0.6) is 0 Å². The Morgan fingerprint density at radius 3 is 2.00 bits per heavy atom. The molecule has 0 saturated heterocycles. The summed E-state index contributed by atoms with van der Waals surface area (Å²) in [6, 6.07) is 8.90. The van der Waals surface area contributed by atoms with E-state index in [1.165, 1.54) is 67.5 Å². The first-order valence-electron chi connectivity index (χ1n) is 10.7. The second kappa shape index (κ2) is 10.6. The summed E-state index contributed by atoms with van der Waals surface area (Å²) >= 11 is 0. The fourth-order valence-corrected chi connectivity index (χ4v) is 3.73. The quantitative estimate of drug-likeness (QED) is 0.379. The summed E-state index contributed by atoms with van der Waals surface area (Å²) < 4.78 is 0. The van der Waals surface area contributed by atoms with Crippen molar-refractivity contribution in [1.82, 2.24) is 0 Å². The highest BCUT2D eigenvalue weighted by Gasteiger charge is 2.22. The van der Waals surface area contributed by atoms with Gasteiger partial charge in [-0.2, -0.15) is 0 Å². The van der Waals surface area contributed by atoms with Gasteiger partial charge >= 0.3 is 0 Å². The molecule has 0 N–H and O–H groups in total. The summed E-state index contributed by atoms with van der Waals surface area (Å²) in [5.74, 6) is 0. The van der Waals surface area contributed by atoms with E-state index in [1.807, 2.05) is 0 Å². The Bertz CT molecular complexity index is 593. The average Bonchev–Trinajstić information content (AvgIpc) is 2.59. The van der Waals surface area contributed by atoms with Crippen LogP contribution in [0, 0.1) is 6.92 Å². The highest BCUT2D eigenvalue weighted by atomic mass is 15.1. The third-order valence-electron chi connectivity index (χ3n) is 5.16. The van der Waals surface area contributed by atoms with E-state index in [2.05, 4.69) is 52.0 Å². The maximum Gasteiger partial charge on any atom is 0.144 e. The van der Waals surface area contributed by atoms with Crippen molar-refractivity contribution in [3.63, 3.8) is 0 Å². The zero-order valence-electron chi connectivity index (χ0n) is 17.5. The van der Waals surface area contributed by atoms with Crippen molar-refractivity contribution in [2.45, 2.75) is 104 Å². The molecular weight excluding hydrogens is 316 g/mol. The third kappa shape index (κ3) is 7.85. The minimum absolute atomic E-state index is 0.267. The van der Waals surface area contributed by atoms with Gasteiger partial charge in [0.25, 0.3) is 0 Å². The normalized spacial score (nSPS) is 16.3. The predicted octanol–water partition coefficient (Wildman–Crippen LogP) is 7.09. The van der Waals surface area contributed by atoms with Gasteiger partial charge in [-0.25, -0.2) is 0 Å². The molecule has 144 valence electrons. The van der Waals surface area contributed by atoms with Crippen molar-refractivity contribution in [2.24, 2.45) is 9.98 Å². The Morgan fingerprint density at radius 1 is 0.769 bits per heavy atom. The van der Waals surface area contributed by atoms with E-state index in [9.17, 15) is 0 Å². The molecule has 1 heterocycles. The number of nitrogens with zero attached hydrogens (tertiary/aromatic N) is 2. The summed E-state index contributed by atoms with van der Waals surface area (Å²) in [5.41, 5.74) is 5.18. The van der Waals surface area contributed by atoms with Crippen molar-refractivity contribution in [3.05, 3.63) is 35.4 Å². The summed E-state index contributed by atoms with van der Waals surface area (Å²) in [4.78, 5) is 9.81. The highest BCUT2D eigenvalue weighted by Crippen LogP contribution is 2.23. The van der Waals surface area contributed by atoms with E-state index in [1.54, 1.807) is 0 Å². The lowest BCUT2D eigenvalue weighted by Gasteiger charge is -2.25. The Labute approximate surface area is 161 Å². The van der Waals surface area contributed by atoms with Gasteiger partial charge in [-0.1, -0.05) is 75.3 Å². The maximum absolute atomic E-state index is 4.91. The van der Waals surface area contributed by atoms with Gasteiger partial charge < -0.3 is 0 Å². The smallest absolute Gasteiger partial charge is 0.144 e. The number of aryl methyl sites for hydroxylation is 2. The van der Waals surface area contributed by atoms with E-state index >= 15 is 0 Å². The van der Waals surface area contributed by atoms with Crippen molar-refractivity contribution in [3.8, 4) is 0 Å². The van der Waals surface area contributed by atoms with Crippen LogP contribution in [0.2, 0.25) is 0 Å². The Hall–Kier alpha value is -1.44. The SMILES string of the molecule is CCCCCCCCCC1=NC(C)(C)N=C(CCc2ccc(C)cc2)C1. The lowest BCUT2D eigenvalue weighted by Crippen LogP contribution is -2.26. The molecule has 26 heavy (non-hydrogen) atoms. The number of unbranched alkanes of at least 4 members (excludes halogenated alkanes) is 6. The van der Waals surface area contributed by atoms with Gasteiger partial charge in [0.1, 0.15) is 5.66 Å². The molecule has 1 aliphatic rings. The summed E-state index contributed by atoms with van der Waals surface area (Å²) in [7, 11) is 0. The Morgan fingerprint density at radius 2 is 1.35 bits per heavy atom. The van der Waals surface area contributed by atoms with Crippen LogP contribution in [0.4, 0.5) is 0 Å². The number of benzene rings is 1. The molecule has 0 saturated carbocycles. The molecule has 2 rings (SSSR count). The fraction of sp³-hybridized carbons (Fsp3) is 0.667. The van der Waals surface area contributed by atoms with Crippen molar-refractivity contribution in [1.29, 1.82) is 0 Å². The molecule has 2 heteroatoms. The molecule has 0 aromatic heterocycles. The summed E-state index contributed by atoms with van der Waals surface area (Å²) in [6.07, 6.45) is 13.8. The van der Waals surface area contributed by atoms with E-state index in [0.29, 0.717) is 0 Å². The number of rotatable bonds is 11. The first-order valence-corrected chi connectivity index (χ1v) is 10.7. The van der Waals surface area contributed by atoms with Crippen LogP contribution >= 0.6 is 0 Å². The lowest BCUT2D eigenvalue weighted by atomic mass is 9.97. The summed E-state index contributed by atoms with van der Waals surface area (Å²) in [6.45, 7) is 8.70. The second-order valence-corrected chi connectivity index (χ2v) is 8.38. The van der Waals surface area contributed by atoms with Gasteiger partial charge in [-0.05, 0) is 52.0 Å². The topological polar surface area (TPSA) is 24.7 Å². The van der Waals surface area contributed by atoms with Crippen LogP contribution in [0.1, 0.15) is 96.1 Å². The first kappa shape index (κ1) is 20.9. The molecule has 0 unspecified atom stereocenters. The van der Waals surface area contributed by atoms with Crippen LogP contribution in [-0.4, -0.2) is 17.1 Å². The molecule has 2 nitrogen and oxygen atoms in total. The number of hydrogen-bond donors (Lipinski definition) is 0. The van der Waals surface area contributed by atoms with Crippen molar-refractivity contribution in [2.75, 3.05) is 0 Å². The minimum atomic E-state index is -0.267. The maximum atomic E-state index is 4.91. The van der Waals surface area contributed by atoms with E-state index in [-0.39, 0.29) is 5.66 Å². The van der Waals surface area contributed by atoms with Crippen molar-refractivity contribution >= 4 is 11.4 Å². The second-order valence-electron chi connectivity index (χ2n) is 8.38. The van der Waals surface area contributed by atoms with Gasteiger partial charge in [0.2, 0.25) is 0 Å². The third-order valence-corrected chi connectivity index (χ3v) is 5.16. The fourth-order valence-electron chi connectivity index (χ4n) is 3.73. The van der Waals surface area contributed by atoms with Crippen LogP contribution in [0.15, 0.2) is 34.3 Å². The minimum Gasteiger partial charge on any atom is -0.265 e. The molecule has 1 aromatic rings. The van der Waals surface area contributed by atoms with Crippen LogP contribution in [0.3, 0.4) is 0 Å². The highest BCUT2D eigenvalue weighted by molar-refractivity contribution is 6.06. The zero-order chi connectivity index (χ0) is 18.8. The van der Waals surface area contributed by atoms with Gasteiger partial charge in [-0.15, -0.1) is 0 Å². The number of aliphatic imine (C=N–C) groups is 2. The van der Waals surface area contributed by atoms with Gasteiger partial charge in [0, 0.05) is 17.8 Å². The Kier molecular flexibility index (Phi) is 8.54. The summed E-state index contributed by atoms with van der Waals surface area (Å²) in [5, 5.41) is 0. The molecule has 0 atom stereocenters. The van der Waals surface area contributed by atoms with Gasteiger partial charge in [-0.3, -0.25) is 9.98 Å². The number of hydrogen-bond acceptors (Lipinski definition) is 2. The largest absolute Gasteiger partial charge is 0.265 e. The molecule has 0 bridgehead atoms. The van der Waals surface area contributed by atoms with E-state index in [4.69, 9.17) is 9.98 Å². The van der Waals surface area contributed by atoms with Crippen LogP contribution < -0.4 is 0 Å². The average molecular weight is 355 g/mol. The van der Waals surface area contributed by atoms with Gasteiger partial charge in [0.05, 0.1) is 0 Å². The molecule has 1 aromatic carbocycles. The lowest BCUT2D eigenvalue weighted by molar-refractivity contribution is 0.537. The first-order chi connectivity index (χ1) is 12.5. The standard InChI is InChI=1S/C24H38N2/c1-5-6-7-8-9-10-11-12-22-19-23(26-24(3,4)25-22)18-17-21-15-13-20(2)14-16-21/h13-16H,5-12,17-19H2,1-4H3. The van der Waals surface area contributed by atoms with Crippen LogP contribution in [0.25, 0.3) is 0 Å². The molecule has 0 spiro atoms. The monoisotopic (exact) mass is 354 g/mol. The van der Waals surface area contributed by atoms with Crippen LogP contribution in [-0.2, 0) is 6.42 Å². The van der Waals surface area contributed by atoms with Gasteiger partial charge in [0.15, 0.2) is 0 Å². The predicted molar refractivity (Wildman–Crippen MR) is 116 cm³/mol. The Balaban J connectivity index is 1.76. The van der Waals surface area contributed by atoms with E-state index in [0.717, 1.165) is 25.7 Å². The molecule has 0 aliphatic carbocycles. The van der Waals surface area contributed by atoms with E-state index < -0.39 is 0 Å². The zero-order valence-corrected chi connectivity index (χ0v) is 17.5. The van der Waals surface area contributed by atoms with Crippen molar-refractivity contribution < 1.29 is 0 Å². The molecular formula is C24H38N2.